The highest BCUT2D eigenvalue weighted by atomic mass is 16.5. The third-order valence-corrected chi connectivity index (χ3v) is 4.01. The second kappa shape index (κ2) is 8.44. The Morgan fingerprint density at radius 1 is 1.11 bits per heavy atom. The minimum absolute atomic E-state index is 0.000901. The van der Waals surface area contributed by atoms with Crippen molar-refractivity contribution in [2.45, 2.75) is 13.8 Å². The Morgan fingerprint density at radius 3 is 2.48 bits per heavy atom. The van der Waals surface area contributed by atoms with Crippen LogP contribution in [0.3, 0.4) is 0 Å². The maximum absolute atomic E-state index is 12.1. The average Bonchev–Trinajstić information content (AvgIpc) is 2.68. The molecule has 2 amide bonds. The summed E-state index contributed by atoms with van der Waals surface area (Å²) in [6, 6.07) is 12.3. The van der Waals surface area contributed by atoms with Gasteiger partial charge in [0.15, 0.2) is 13.2 Å². The normalized spacial score (nSPS) is 12.8. The highest BCUT2D eigenvalue weighted by Crippen LogP contribution is 2.34. The van der Waals surface area contributed by atoms with Crippen molar-refractivity contribution in [3.05, 3.63) is 42.5 Å². The van der Waals surface area contributed by atoms with E-state index in [1.807, 2.05) is 13.8 Å². The number of hydrogen-bond donors (Lipinski definition) is 1. The molecule has 0 unspecified atom stereocenters. The Labute approximate surface area is 157 Å². The second-order valence-corrected chi connectivity index (χ2v) is 5.85. The molecule has 0 saturated heterocycles. The Kier molecular flexibility index (Phi) is 5.80. The van der Waals surface area contributed by atoms with Crippen LogP contribution in [0.4, 0.5) is 11.4 Å². The summed E-state index contributed by atoms with van der Waals surface area (Å²) in [6.07, 6.45) is 0. The zero-order chi connectivity index (χ0) is 19.2. The number of rotatable bonds is 7. The van der Waals surface area contributed by atoms with Gasteiger partial charge < -0.3 is 24.4 Å². The highest BCUT2D eigenvalue weighted by Gasteiger charge is 2.24. The largest absolute Gasteiger partial charge is 0.494 e. The van der Waals surface area contributed by atoms with Crippen LogP contribution in [0.15, 0.2) is 42.5 Å². The van der Waals surface area contributed by atoms with Crippen LogP contribution in [-0.2, 0) is 9.59 Å². The molecular weight excluding hydrogens is 348 g/mol. The third-order valence-electron chi connectivity index (χ3n) is 4.01. The van der Waals surface area contributed by atoms with Gasteiger partial charge in [-0.25, -0.2) is 0 Å². The molecule has 7 nitrogen and oxygen atoms in total. The summed E-state index contributed by atoms with van der Waals surface area (Å²) in [7, 11) is 0. The average molecular weight is 370 g/mol. The lowest BCUT2D eigenvalue weighted by molar-refractivity contribution is -0.121. The van der Waals surface area contributed by atoms with Gasteiger partial charge in [-0.05, 0) is 50.2 Å². The van der Waals surface area contributed by atoms with Crippen molar-refractivity contribution < 1.29 is 23.8 Å². The van der Waals surface area contributed by atoms with Gasteiger partial charge in [0.1, 0.15) is 17.2 Å². The highest BCUT2D eigenvalue weighted by molar-refractivity contribution is 5.99. The number of nitrogens with zero attached hydrogens (tertiary/aromatic N) is 1. The van der Waals surface area contributed by atoms with E-state index in [-0.39, 0.29) is 25.0 Å². The zero-order valence-electron chi connectivity index (χ0n) is 15.4. The van der Waals surface area contributed by atoms with Gasteiger partial charge in [-0.2, -0.15) is 0 Å². The predicted octanol–water partition coefficient (Wildman–Crippen LogP) is 2.85. The molecule has 0 saturated carbocycles. The van der Waals surface area contributed by atoms with Gasteiger partial charge in [-0.15, -0.1) is 0 Å². The van der Waals surface area contributed by atoms with E-state index in [1.54, 1.807) is 47.4 Å². The second-order valence-electron chi connectivity index (χ2n) is 5.85. The molecule has 0 aliphatic carbocycles. The number of amides is 2. The van der Waals surface area contributed by atoms with Crippen molar-refractivity contribution >= 4 is 23.2 Å². The van der Waals surface area contributed by atoms with E-state index in [1.165, 1.54) is 0 Å². The molecule has 0 bridgehead atoms. The first-order valence-corrected chi connectivity index (χ1v) is 8.83. The fourth-order valence-electron chi connectivity index (χ4n) is 2.77. The van der Waals surface area contributed by atoms with Gasteiger partial charge in [-0.3, -0.25) is 9.59 Å². The Hall–Kier alpha value is -3.22. The van der Waals surface area contributed by atoms with Crippen molar-refractivity contribution in [1.82, 2.24) is 0 Å². The van der Waals surface area contributed by atoms with Crippen molar-refractivity contribution in [2.24, 2.45) is 0 Å². The third kappa shape index (κ3) is 4.49. The van der Waals surface area contributed by atoms with E-state index >= 15 is 0 Å². The monoisotopic (exact) mass is 370 g/mol. The Bertz CT molecular complexity index is 820. The molecule has 1 N–H and O–H groups in total. The molecule has 142 valence electrons. The van der Waals surface area contributed by atoms with E-state index in [0.717, 1.165) is 5.75 Å². The minimum atomic E-state index is -0.289. The van der Waals surface area contributed by atoms with Crippen molar-refractivity contribution in [3.63, 3.8) is 0 Å². The van der Waals surface area contributed by atoms with E-state index in [2.05, 4.69) is 5.32 Å². The molecule has 7 heteroatoms. The number of nitrogens with one attached hydrogen (secondary N) is 1. The lowest BCUT2D eigenvalue weighted by atomic mass is 10.2. The van der Waals surface area contributed by atoms with Crippen LogP contribution in [0.2, 0.25) is 0 Å². The van der Waals surface area contributed by atoms with Gasteiger partial charge in [0, 0.05) is 18.3 Å². The molecule has 2 aromatic rings. The fourth-order valence-corrected chi connectivity index (χ4v) is 2.77. The Morgan fingerprint density at radius 2 is 1.81 bits per heavy atom. The number of ether oxygens (including phenoxy) is 3. The maximum Gasteiger partial charge on any atom is 0.265 e. The van der Waals surface area contributed by atoms with E-state index in [4.69, 9.17) is 14.2 Å². The summed E-state index contributed by atoms with van der Waals surface area (Å²) in [6.45, 7) is 4.86. The van der Waals surface area contributed by atoms with Crippen LogP contribution in [-0.4, -0.2) is 38.2 Å². The smallest absolute Gasteiger partial charge is 0.265 e. The predicted molar refractivity (Wildman–Crippen MR) is 102 cm³/mol. The molecule has 0 radical (unpaired) electrons. The van der Waals surface area contributed by atoms with Crippen molar-refractivity contribution in [1.29, 1.82) is 0 Å². The summed E-state index contributed by atoms with van der Waals surface area (Å²) in [4.78, 5) is 25.6. The molecule has 0 aromatic heterocycles. The molecule has 0 fully saturated rings. The lowest BCUT2D eigenvalue weighted by Gasteiger charge is -2.28. The van der Waals surface area contributed by atoms with Crippen LogP contribution < -0.4 is 24.4 Å². The van der Waals surface area contributed by atoms with Crippen molar-refractivity contribution in [3.8, 4) is 17.2 Å². The quantitative estimate of drug-likeness (QED) is 0.811. The first kappa shape index (κ1) is 18.6. The molecule has 1 aliphatic rings. The number of likely N-dealkylation sites (N-methyl/N-ethyl adjacent to an activating group) is 1. The summed E-state index contributed by atoms with van der Waals surface area (Å²) < 4.78 is 16.3. The van der Waals surface area contributed by atoms with Gasteiger partial charge in [0.2, 0.25) is 0 Å². The molecule has 1 aliphatic heterocycles. The number of carbonyl (C=O) groups excluding carboxylic acids is 2. The van der Waals surface area contributed by atoms with Crippen LogP contribution in [0, 0.1) is 0 Å². The molecular formula is C20H22N2O5. The first-order chi connectivity index (χ1) is 13.1. The van der Waals surface area contributed by atoms with Crippen LogP contribution in [0.5, 0.6) is 17.2 Å². The zero-order valence-corrected chi connectivity index (χ0v) is 15.4. The number of benzene rings is 2. The van der Waals surface area contributed by atoms with Crippen LogP contribution in [0.1, 0.15) is 13.8 Å². The molecule has 0 atom stereocenters. The molecule has 1 heterocycles. The lowest BCUT2D eigenvalue weighted by Crippen LogP contribution is -2.38. The standard InChI is InChI=1S/C20H22N2O5/c1-3-22-17-10-5-14(11-18(17)27-13-20(22)24)21-19(23)12-26-16-8-6-15(7-9-16)25-4-2/h5-11H,3-4,12-13H2,1-2H3,(H,21,23). The molecule has 0 spiro atoms. The number of carbonyl (C=O) groups is 2. The minimum Gasteiger partial charge on any atom is -0.494 e. The topological polar surface area (TPSA) is 77.1 Å². The van der Waals surface area contributed by atoms with Crippen molar-refractivity contribution in [2.75, 3.05) is 36.6 Å². The molecule has 2 aromatic carbocycles. The summed E-state index contributed by atoms with van der Waals surface area (Å²) in [5, 5.41) is 2.77. The van der Waals surface area contributed by atoms with E-state index in [0.29, 0.717) is 36.0 Å². The van der Waals surface area contributed by atoms with Crippen LogP contribution in [0.25, 0.3) is 0 Å². The number of hydrogen-bond acceptors (Lipinski definition) is 5. The summed E-state index contributed by atoms with van der Waals surface area (Å²) in [5.74, 6) is 1.54. The maximum atomic E-state index is 12.1. The SMILES string of the molecule is CCOc1ccc(OCC(=O)Nc2ccc3c(c2)OCC(=O)N3CC)cc1. The van der Waals surface area contributed by atoms with Gasteiger partial charge in [0.05, 0.1) is 12.3 Å². The van der Waals surface area contributed by atoms with Gasteiger partial charge >= 0.3 is 0 Å². The summed E-state index contributed by atoms with van der Waals surface area (Å²) in [5.41, 5.74) is 1.29. The fraction of sp³-hybridized carbons (Fsp3) is 0.300. The summed E-state index contributed by atoms with van der Waals surface area (Å²) >= 11 is 0. The van der Waals surface area contributed by atoms with E-state index in [9.17, 15) is 9.59 Å². The molecule has 27 heavy (non-hydrogen) atoms. The van der Waals surface area contributed by atoms with Gasteiger partial charge in [0.25, 0.3) is 11.8 Å². The number of fused-ring (bicyclic) bond motifs is 1. The Balaban J connectivity index is 1.57. The van der Waals surface area contributed by atoms with Gasteiger partial charge in [-0.1, -0.05) is 0 Å². The number of anilines is 2. The first-order valence-electron chi connectivity index (χ1n) is 8.83. The molecule has 3 rings (SSSR count). The van der Waals surface area contributed by atoms with Crippen LogP contribution >= 0.6 is 0 Å². The van der Waals surface area contributed by atoms with E-state index < -0.39 is 0 Å².